The maximum atomic E-state index is 10.2. The molecule has 62 valence electrons. The van der Waals surface area contributed by atoms with Crippen LogP contribution < -0.4 is 5.73 Å². The van der Waals surface area contributed by atoms with Crippen molar-refractivity contribution in [2.24, 2.45) is 0 Å². The van der Waals surface area contributed by atoms with Gasteiger partial charge in [-0.2, -0.15) is 13.5 Å². The average molecular weight is 240 g/mol. The van der Waals surface area contributed by atoms with E-state index < -0.39 is 5.97 Å². The smallest absolute Gasteiger partial charge is 0.374 e. The molecule has 0 radical (unpaired) electrons. The maximum absolute atomic E-state index is 10.2. The summed E-state index contributed by atoms with van der Waals surface area (Å²) in [6.07, 6.45) is 1.23. The van der Waals surface area contributed by atoms with Gasteiger partial charge in [-0.05, 0) is 15.9 Å². The predicted molar refractivity (Wildman–Crippen MR) is 48.2 cm³/mol. The van der Waals surface area contributed by atoms with Crippen LogP contribution in [0, 0.1) is 0 Å². The van der Waals surface area contributed by atoms with Crippen molar-refractivity contribution in [1.29, 1.82) is 0 Å². The van der Waals surface area contributed by atoms with Gasteiger partial charge in [-0.25, -0.2) is 4.79 Å². The van der Waals surface area contributed by atoms with E-state index in [4.69, 9.17) is 10.8 Å². The predicted octanol–water partition coefficient (Wildman–Crippen LogP) is 1.44. The third-order valence-electron chi connectivity index (χ3n) is 0.976. The zero-order chi connectivity index (χ0) is 7.72. The Morgan fingerprint density at radius 3 is 2.45 bits per heavy atom. The number of carboxylic acids is 1. The van der Waals surface area contributed by atoms with Gasteiger partial charge in [-0.3, -0.25) is 0 Å². The highest BCUT2D eigenvalue weighted by molar-refractivity contribution is 9.10. The molecule has 1 rings (SSSR count). The molecule has 0 spiro atoms. The van der Waals surface area contributed by atoms with Crippen molar-refractivity contribution in [3.63, 3.8) is 0 Å². The third kappa shape index (κ3) is 1.90. The van der Waals surface area contributed by atoms with Gasteiger partial charge in [0, 0.05) is 0 Å². The molecule has 0 saturated carbocycles. The molecule has 1 heterocycles. The SMILES string of the molecule is Nc1c(Br)coc1C(=O)O.S. The van der Waals surface area contributed by atoms with Crippen LogP contribution in [0.3, 0.4) is 0 Å². The molecule has 4 nitrogen and oxygen atoms in total. The lowest BCUT2D eigenvalue weighted by atomic mass is 10.4. The summed E-state index contributed by atoms with van der Waals surface area (Å²) < 4.78 is 5.05. The minimum atomic E-state index is -1.16. The molecule has 1 aromatic rings. The fourth-order valence-corrected chi connectivity index (χ4v) is 0.785. The number of halogens is 1. The highest BCUT2D eigenvalue weighted by Gasteiger charge is 2.14. The molecule has 0 saturated heterocycles. The summed E-state index contributed by atoms with van der Waals surface area (Å²) in [4.78, 5) is 10.2. The summed E-state index contributed by atoms with van der Waals surface area (Å²) in [6, 6.07) is 0. The fourth-order valence-electron chi connectivity index (χ4n) is 0.512. The van der Waals surface area contributed by atoms with Gasteiger partial charge in [0.25, 0.3) is 0 Å². The van der Waals surface area contributed by atoms with Gasteiger partial charge >= 0.3 is 5.97 Å². The van der Waals surface area contributed by atoms with Crippen LogP contribution in [-0.4, -0.2) is 11.1 Å². The number of rotatable bonds is 1. The molecule has 6 heteroatoms. The van der Waals surface area contributed by atoms with Crippen LogP contribution >= 0.6 is 29.4 Å². The van der Waals surface area contributed by atoms with E-state index in [0.29, 0.717) is 4.47 Å². The second-order valence-electron chi connectivity index (χ2n) is 1.63. The molecule has 0 aliphatic carbocycles. The van der Waals surface area contributed by atoms with Gasteiger partial charge in [0.1, 0.15) is 12.0 Å². The molecule has 0 aliphatic heterocycles. The molecular formula is C5H6BrNO3S. The zero-order valence-electron chi connectivity index (χ0n) is 5.30. The van der Waals surface area contributed by atoms with E-state index in [1.165, 1.54) is 6.26 Å². The molecule has 1 aromatic heterocycles. The van der Waals surface area contributed by atoms with E-state index in [2.05, 4.69) is 20.3 Å². The van der Waals surface area contributed by atoms with Crippen molar-refractivity contribution < 1.29 is 14.3 Å². The van der Waals surface area contributed by atoms with Gasteiger partial charge in [-0.1, -0.05) is 0 Å². The lowest BCUT2D eigenvalue weighted by Gasteiger charge is -1.87. The van der Waals surface area contributed by atoms with Gasteiger partial charge in [0.15, 0.2) is 0 Å². The van der Waals surface area contributed by atoms with Crippen LogP contribution in [0.2, 0.25) is 0 Å². The Labute approximate surface area is 77.9 Å². The lowest BCUT2D eigenvalue weighted by molar-refractivity contribution is 0.0664. The van der Waals surface area contributed by atoms with Gasteiger partial charge in [0.05, 0.1) is 4.47 Å². The van der Waals surface area contributed by atoms with E-state index in [-0.39, 0.29) is 24.9 Å². The Bertz CT molecular complexity index is 273. The zero-order valence-corrected chi connectivity index (χ0v) is 7.88. The van der Waals surface area contributed by atoms with Crippen molar-refractivity contribution in [2.75, 3.05) is 5.73 Å². The Morgan fingerprint density at radius 1 is 1.73 bits per heavy atom. The van der Waals surface area contributed by atoms with Crippen molar-refractivity contribution in [1.82, 2.24) is 0 Å². The van der Waals surface area contributed by atoms with Crippen LogP contribution in [0.15, 0.2) is 15.2 Å². The van der Waals surface area contributed by atoms with Crippen LogP contribution in [0.25, 0.3) is 0 Å². The Balaban J connectivity index is 0.000001000. The summed E-state index contributed by atoms with van der Waals surface area (Å²) in [5.74, 6) is -1.39. The fraction of sp³-hybridized carbons (Fsp3) is 0. The number of carboxylic acid groups (broad SMARTS) is 1. The first-order chi connectivity index (χ1) is 4.63. The number of anilines is 1. The second-order valence-corrected chi connectivity index (χ2v) is 2.49. The van der Waals surface area contributed by atoms with Crippen molar-refractivity contribution in [3.8, 4) is 0 Å². The molecule has 0 fully saturated rings. The molecule has 0 bridgehead atoms. The number of aromatic carboxylic acids is 1. The van der Waals surface area contributed by atoms with Crippen LogP contribution in [0.1, 0.15) is 10.6 Å². The normalized spacial score (nSPS) is 8.82. The topological polar surface area (TPSA) is 76.5 Å². The van der Waals surface area contributed by atoms with E-state index in [1.807, 2.05) is 0 Å². The minimum absolute atomic E-state index is 0. The average Bonchev–Trinajstić information content (AvgIpc) is 2.14. The van der Waals surface area contributed by atoms with E-state index in [9.17, 15) is 4.79 Å². The van der Waals surface area contributed by atoms with Crippen LogP contribution in [-0.2, 0) is 0 Å². The first kappa shape index (κ1) is 10.4. The van der Waals surface area contributed by atoms with Crippen LogP contribution in [0.5, 0.6) is 0 Å². The minimum Gasteiger partial charge on any atom is -0.475 e. The molecule has 3 N–H and O–H groups in total. The molecule has 0 atom stereocenters. The summed E-state index contributed by atoms with van der Waals surface area (Å²) >= 11 is 3.00. The quantitative estimate of drug-likeness (QED) is 0.778. The molecule has 0 amide bonds. The standard InChI is InChI=1S/C5H4BrNO3.H2S/c6-2-1-10-4(3(2)7)5(8)9;/h1H,7H2,(H,8,9);1H2. The molecular weight excluding hydrogens is 234 g/mol. The lowest BCUT2D eigenvalue weighted by Crippen LogP contribution is -1.98. The van der Waals surface area contributed by atoms with E-state index >= 15 is 0 Å². The second kappa shape index (κ2) is 3.68. The highest BCUT2D eigenvalue weighted by atomic mass is 79.9. The Hall–Kier alpha value is -0.620. The third-order valence-corrected chi connectivity index (χ3v) is 1.59. The first-order valence-corrected chi connectivity index (χ1v) is 3.18. The molecule has 11 heavy (non-hydrogen) atoms. The summed E-state index contributed by atoms with van der Waals surface area (Å²) in [5, 5.41) is 8.38. The number of hydrogen-bond donors (Lipinski definition) is 2. The van der Waals surface area contributed by atoms with E-state index in [0.717, 1.165) is 0 Å². The summed E-state index contributed by atoms with van der Waals surface area (Å²) in [5.41, 5.74) is 5.40. The number of furan rings is 1. The first-order valence-electron chi connectivity index (χ1n) is 2.38. The number of carbonyl (C=O) groups is 1. The molecule has 0 unspecified atom stereocenters. The highest BCUT2D eigenvalue weighted by Crippen LogP contribution is 2.24. The van der Waals surface area contributed by atoms with Crippen LogP contribution in [0.4, 0.5) is 5.69 Å². The van der Waals surface area contributed by atoms with E-state index in [1.54, 1.807) is 0 Å². The number of nitrogen functional groups attached to an aromatic ring is 1. The Kier molecular flexibility index (Phi) is 3.47. The van der Waals surface area contributed by atoms with Gasteiger partial charge < -0.3 is 15.3 Å². The van der Waals surface area contributed by atoms with Gasteiger partial charge in [-0.15, -0.1) is 0 Å². The number of nitrogens with two attached hydrogens (primary N) is 1. The number of hydrogen-bond acceptors (Lipinski definition) is 3. The summed E-state index contributed by atoms with van der Waals surface area (Å²) in [7, 11) is 0. The van der Waals surface area contributed by atoms with Gasteiger partial charge in [0.2, 0.25) is 5.76 Å². The Morgan fingerprint density at radius 2 is 2.27 bits per heavy atom. The van der Waals surface area contributed by atoms with Crippen molar-refractivity contribution in [3.05, 3.63) is 16.5 Å². The van der Waals surface area contributed by atoms with Crippen molar-refractivity contribution in [2.45, 2.75) is 0 Å². The van der Waals surface area contributed by atoms with Crippen molar-refractivity contribution >= 4 is 41.1 Å². The molecule has 0 aliphatic rings. The maximum Gasteiger partial charge on any atom is 0.374 e. The monoisotopic (exact) mass is 239 g/mol. The summed E-state index contributed by atoms with van der Waals surface area (Å²) in [6.45, 7) is 0. The molecule has 0 aromatic carbocycles. The largest absolute Gasteiger partial charge is 0.475 e.